The van der Waals surface area contributed by atoms with Crippen molar-refractivity contribution in [3.63, 3.8) is 0 Å². The molecule has 88 valence electrons. The van der Waals surface area contributed by atoms with Crippen LogP contribution in [0.4, 0.5) is 0 Å². The smallest absolute Gasteiger partial charge is 0.201 e. The van der Waals surface area contributed by atoms with Crippen molar-refractivity contribution in [2.75, 3.05) is 0 Å². The van der Waals surface area contributed by atoms with Gasteiger partial charge in [-0.3, -0.25) is 0 Å². The highest BCUT2D eigenvalue weighted by Gasteiger charge is 2.12. The zero-order valence-electron chi connectivity index (χ0n) is 8.90. The second-order valence-corrected chi connectivity index (χ2v) is 5.97. The Morgan fingerprint density at radius 3 is 1.35 bits per heavy atom. The molecule has 0 aromatic heterocycles. The third-order valence-corrected chi connectivity index (χ3v) is 4.37. The molecule has 4 nitrogen and oxygen atoms in total. The molecule has 0 saturated heterocycles. The maximum atomic E-state index is 8.47. The molecule has 0 atom stereocenters. The fourth-order valence-electron chi connectivity index (χ4n) is 1.08. The van der Waals surface area contributed by atoms with E-state index in [0.29, 0.717) is 0 Å². The standard InChI is InChI=1S/C12H10I.H2NO3/c1-3-7-11(8-4-1)13-12-9-5-2-6-10-12;2-1(3)4/h1-10H;(H2,2,3,4)/q2*+1. The molecular formula is C12H12INO3+2. The summed E-state index contributed by atoms with van der Waals surface area (Å²) in [7, 11) is 0. The first kappa shape index (κ1) is 13.4. The molecule has 0 spiro atoms. The summed E-state index contributed by atoms with van der Waals surface area (Å²) in [5, 5.41) is 12.5. The van der Waals surface area contributed by atoms with Gasteiger partial charge in [0.1, 0.15) is 4.91 Å². The lowest BCUT2D eigenvalue weighted by Crippen LogP contribution is -3.61. The summed E-state index contributed by atoms with van der Waals surface area (Å²) in [6, 6.07) is 21.4. The van der Waals surface area contributed by atoms with Gasteiger partial charge in [-0.2, -0.15) is 0 Å². The van der Waals surface area contributed by atoms with Crippen molar-refractivity contribution in [3.05, 3.63) is 72.7 Å². The molecule has 2 rings (SSSR count). The first-order valence-electron chi connectivity index (χ1n) is 4.78. The van der Waals surface area contributed by atoms with Crippen LogP contribution in [0.5, 0.6) is 0 Å². The van der Waals surface area contributed by atoms with E-state index in [1.165, 1.54) is 7.14 Å². The lowest BCUT2D eigenvalue weighted by atomic mass is 10.4. The van der Waals surface area contributed by atoms with Crippen LogP contribution in [-0.2, 0) is 0 Å². The van der Waals surface area contributed by atoms with Crippen LogP contribution in [-0.4, -0.2) is 15.5 Å². The SMILES string of the molecule is O=[N+](O)O.c1ccc([I+]c2ccccc2)cc1. The van der Waals surface area contributed by atoms with E-state index >= 15 is 0 Å². The van der Waals surface area contributed by atoms with Crippen LogP contribution in [0.15, 0.2) is 60.7 Å². The van der Waals surface area contributed by atoms with Gasteiger partial charge in [-0.15, -0.1) is 0 Å². The predicted molar refractivity (Wildman–Crippen MR) is 57.5 cm³/mol. The van der Waals surface area contributed by atoms with Crippen molar-refractivity contribution in [3.8, 4) is 0 Å². The van der Waals surface area contributed by atoms with Gasteiger partial charge in [0.2, 0.25) is 0 Å². The Morgan fingerprint density at radius 1 is 0.765 bits per heavy atom. The largest absolute Gasteiger partial charge is 0.472 e. The number of halogens is 1. The molecule has 2 aromatic rings. The predicted octanol–water partition coefficient (Wildman–Crippen LogP) is -0.641. The molecule has 0 radical (unpaired) electrons. The summed E-state index contributed by atoms with van der Waals surface area (Å²) in [5.41, 5.74) is 0. The van der Waals surface area contributed by atoms with Crippen molar-refractivity contribution >= 4 is 0 Å². The van der Waals surface area contributed by atoms with E-state index < -0.39 is 5.09 Å². The van der Waals surface area contributed by atoms with E-state index in [0.717, 1.165) is 0 Å². The van der Waals surface area contributed by atoms with Gasteiger partial charge in [-0.05, 0) is 24.3 Å². The van der Waals surface area contributed by atoms with Crippen LogP contribution in [0, 0.1) is 12.0 Å². The van der Waals surface area contributed by atoms with E-state index in [4.69, 9.17) is 15.3 Å². The Morgan fingerprint density at radius 2 is 1.06 bits per heavy atom. The lowest BCUT2D eigenvalue weighted by Gasteiger charge is -1.84. The Labute approximate surface area is 109 Å². The molecule has 0 aliphatic heterocycles. The zero-order chi connectivity index (χ0) is 12.5. The third kappa shape index (κ3) is 6.52. The summed E-state index contributed by atoms with van der Waals surface area (Å²) < 4.78 is 2.96. The normalized spacial score (nSPS) is 8.94. The van der Waals surface area contributed by atoms with Gasteiger partial charge in [0, 0.05) is 0 Å². The number of hydrogen-bond donors (Lipinski definition) is 2. The highest BCUT2D eigenvalue weighted by molar-refractivity contribution is 5.02. The van der Waals surface area contributed by atoms with Crippen molar-refractivity contribution in [2.45, 2.75) is 0 Å². The average Bonchev–Trinajstić information content (AvgIpc) is 2.31. The fraction of sp³-hybridized carbons (Fsp3) is 0. The second-order valence-electron chi connectivity index (χ2n) is 2.94. The molecule has 17 heavy (non-hydrogen) atoms. The fourth-order valence-corrected chi connectivity index (χ4v) is 3.35. The highest BCUT2D eigenvalue weighted by Crippen LogP contribution is 1.85. The molecule has 0 fully saturated rings. The molecule has 0 amide bonds. The molecule has 0 aliphatic carbocycles. The summed E-state index contributed by atoms with van der Waals surface area (Å²) in [6.07, 6.45) is 0. The van der Waals surface area contributed by atoms with E-state index in [-0.39, 0.29) is 21.2 Å². The first-order valence-corrected chi connectivity index (χ1v) is 6.94. The van der Waals surface area contributed by atoms with Crippen LogP contribution >= 0.6 is 0 Å². The van der Waals surface area contributed by atoms with Gasteiger partial charge in [0.25, 0.3) is 0 Å². The minimum Gasteiger partial charge on any atom is -0.201 e. The molecule has 2 aromatic carbocycles. The van der Waals surface area contributed by atoms with Gasteiger partial charge in [0.15, 0.2) is 7.14 Å². The maximum absolute atomic E-state index is 8.47. The molecule has 2 N–H and O–H groups in total. The minimum atomic E-state index is -1.25. The molecule has 0 aliphatic rings. The molecule has 0 saturated carbocycles. The number of hydrogen-bond acceptors (Lipinski definition) is 1. The topological polar surface area (TPSA) is 60.5 Å². The number of rotatable bonds is 2. The van der Waals surface area contributed by atoms with E-state index in [1.807, 2.05) is 0 Å². The van der Waals surface area contributed by atoms with Crippen LogP contribution in [0.25, 0.3) is 0 Å². The van der Waals surface area contributed by atoms with Gasteiger partial charge < -0.3 is 0 Å². The Hall–Kier alpha value is -1.63. The summed E-state index contributed by atoms with van der Waals surface area (Å²) >= 11 is 0.0287. The third-order valence-electron chi connectivity index (χ3n) is 1.68. The Balaban J connectivity index is 0.000000317. The molecule has 0 heterocycles. The van der Waals surface area contributed by atoms with Crippen molar-refractivity contribution in [1.29, 1.82) is 0 Å². The van der Waals surface area contributed by atoms with E-state index in [1.54, 1.807) is 0 Å². The van der Waals surface area contributed by atoms with Crippen molar-refractivity contribution in [1.82, 2.24) is 0 Å². The van der Waals surface area contributed by atoms with Crippen LogP contribution in [0.3, 0.4) is 0 Å². The monoisotopic (exact) mass is 345 g/mol. The maximum Gasteiger partial charge on any atom is 0.472 e. The quantitative estimate of drug-likeness (QED) is 0.562. The Bertz CT molecular complexity index is 406. The second kappa shape index (κ2) is 7.61. The van der Waals surface area contributed by atoms with E-state index in [9.17, 15) is 0 Å². The lowest BCUT2D eigenvalue weighted by molar-refractivity contribution is -0.969. The molecule has 5 heteroatoms. The summed E-state index contributed by atoms with van der Waals surface area (Å²) in [6.45, 7) is 0. The van der Waals surface area contributed by atoms with Crippen molar-refractivity contribution < 1.29 is 36.7 Å². The van der Waals surface area contributed by atoms with Crippen molar-refractivity contribution in [2.24, 2.45) is 0 Å². The number of nitrogens with zero attached hydrogens (tertiary/aromatic N) is 1. The van der Waals surface area contributed by atoms with Gasteiger partial charge in [-0.1, -0.05) is 36.4 Å². The van der Waals surface area contributed by atoms with Crippen LogP contribution in [0.1, 0.15) is 0 Å². The molecule has 0 bridgehead atoms. The molecule has 0 unspecified atom stereocenters. The zero-order valence-corrected chi connectivity index (χ0v) is 11.1. The van der Waals surface area contributed by atoms with E-state index in [2.05, 4.69) is 60.7 Å². The van der Waals surface area contributed by atoms with Gasteiger partial charge in [-0.25, -0.2) is 10.4 Å². The van der Waals surface area contributed by atoms with Gasteiger partial charge >= 0.3 is 26.3 Å². The first-order chi connectivity index (χ1) is 8.18. The highest BCUT2D eigenvalue weighted by atomic mass is 127. The summed E-state index contributed by atoms with van der Waals surface area (Å²) in [4.78, 5) is 8.47. The number of benzene rings is 2. The Kier molecular flexibility index (Phi) is 6.02. The van der Waals surface area contributed by atoms with Crippen LogP contribution in [0.2, 0.25) is 0 Å². The minimum absolute atomic E-state index is 0.0287. The molecular weight excluding hydrogens is 333 g/mol. The average molecular weight is 345 g/mol. The summed E-state index contributed by atoms with van der Waals surface area (Å²) in [5.74, 6) is 0. The van der Waals surface area contributed by atoms with Gasteiger partial charge in [0.05, 0.1) is 0 Å². The van der Waals surface area contributed by atoms with Crippen LogP contribution < -0.4 is 21.2 Å².